The van der Waals surface area contributed by atoms with Crippen LogP contribution < -0.4 is 0 Å². The van der Waals surface area contributed by atoms with Crippen molar-refractivity contribution >= 4 is 75.1 Å². The van der Waals surface area contributed by atoms with Crippen molar-refractivity contribution in [2.75, 3.05) is 0 Å². The van der Waals surface area contributed by atoms with Crippen LogP contribution in [0, 0.1) is 0 Å². The molecule has 2 nitrogen and oxygen atoms in total. The minimum absolute atomic E-state index is 1.14. The summed E-state index contributed by atoms with van der Waals surface area (Å²) in [5.74, 6) is 0. The lowest BCUT2D eigenvalue weighted by atomic mass is 10.0. The Morgan fingerprint density at radius 1 is 0.281 bits per heavy atom. The number of rotatable bonds is 5. The van der Waals surface area contributed by atoms with Crippen LogP contribution in [0.1, 0.15) is 0 Å². The molecule has 0 amide bonds. The maximum Gasteiger partial charge on any atom is 0.0719 e. The molecule has 3 heteroatoms. The Hall–Kier alpha value is -7.20. The number of thiophene rings is 1. The second-order valence-electron chi connectivity index (χ2n) is 14.9. The van der Waals surface area contributed by atoms with E-state index >= 15 is 0 Å². The average molecular weight is 743 g/mol. The maximum absolute atomic E-state index is 2.46. The maximum atomic E-state index is 2.46. The van der Waals surface area contributed by atoms with Gasteiger partial charge >= 0.3 is 0 Å². The van der Waals surface area contributed by atoms with Gasteiger partial charge in [0, 0.05) is 48.4 Å². The molecule has 0 unspecified atom stereocenters. The zero-order valence-electron chi connectivity index (χ0n) is 30.9. The highest BCUT2D eigenvalue weighted by molar-refractivity contribution is 7.26. The van der Waals surface area contributed by atoms with E-state index in [9.17, 15) is 0 Å². The van der Waals surface area contributed by atoms with E-state index in [1.54, 1.807) is 0 Å². The smallest absolute Gasteiger partial charge is 0.0719 e. The molecular formula is C54H34N2S. The van der Waals surface area contributed by atoms with Gasteiger partial charge in [0.15, 0.2) is 0 Å². The van der Waals surface area contributed by atoms with Crippen molar-refractivity contribution in [3.63, 3.8) is 0 Å². The summed E-state index contributed by atoms with van der Waals surface area (Å²) in [7, 11) is 0. The first-order valence-electron chi connectivity index (χ1n) is 19.5. The van der Waals surface area contributed by atoms with E-state index in [0.29, 0.717) is 0 Å². The van der Waals surface area contributed by atoms with Gasteiger partial charge in [-0.1, -0.05) is 158 Å². The molecule has 0 saturated carbocycles. The zero-order valence-corrected chi connectivity index (χ0v) is 31.7. The first-order chi connectivity index (χ1) is 28.3. The highest BCUT2D eigenvalue weighted by Gasteiger charge is 2.18. The van der Waals surface area contributed by atoms with E-state index in [2.05, 4.69) is 215 Å². The van der Waals surface area contributed by atoms with Gasteiger partial charge < -0.3 is 9.13 Å². The Balaban J connectivity index is 0.975. The average Bonchev–Trinajstić information content (AvgIpc) is 3.94. The van der Waals surface area contributed by atoms with E-state index in [-0.39, 0.29) is 0 Å². The lowest BCUT2D eigenvalue weighted by Gasteiger charge is -2.12. The number of benzene rings is 9. The van der Waals surface area contributed by atoms with Crippen LogP contribution in [0.15, 0.2) is 206 Å². The van der Waals surface area contributed by atoms with Crippen LogP contribution in [0.5, 0.6) is 0 Å². The highest BCUT2D eigenvalue weighted by atomic mass is 32.1. The summed E-state index contributed by atoms with van der Waals surface area (Å²) in [6.45, 7) is 0. The third-order valence-electron chi connectivity index (χ3n) is 11.7. The minimum atomic E-state index is 1.14. The second kappa shape index (κ2) is 12.7. The van der Waals surface area contributed by atoms with Crippen molar-refractivity contribution in [2.24, 2.45) is 0 Å². The molecule has 12 aromatic rings. The van der Waals surface area contributed by atoms with Crippen LogP contribution in [-0.2, 0) is 0 Å². The SMILES string of the molecule is c1ccc(-c2ccc3c4ccc(-c5ccccc5)cc4n(-c4ccc(-c5ccc(-n6c7ccccc7c7ccc8c9ccccc9sc8c76)cc5)cc4)c3c2)cc1. The van der Waals surface area contributed by atoms with Gasteiger partial charge in [-0.25, -0.2) is 0 Å². The first kappa shape index (κ1) is 32.1. The van der Waals surface area contributed by atoms with E-state index in [4.69, 9.17) is 0 Å². The van der Waals surface area contributed by atoms with Crippen molar-refractivity contribution in [1.29, 1.82) is 0 Å². The van der Waals surface area contributed by atoms with Gasteiger partial charge in [-0.3, -0.25) is 0 Å². The Labute approximate surface area is 333 Å². The predicted octanol–water partition coefficient (Wildman–Crippen LogP) is 15.2. The molecule has 0 spiro atoms. The van der Waals surface area contributed by atoms with Crippen LogP contribution in [-0.4, -0.2) is 9.13 Å². The van der Waals surface area contributed by atoms with Crippen molar-refractivity contribution < 1.29 is 0 Å². The summed E-state index contributed by atoms with van der Waals surface area (Å²) in [5, 5.41) is 7.72. The van der Waals surface area contributed by atoms with E-state index in [0.717, 1.165) is 5.69 Å². The fourth-order valence-electron chi connectivity index (χ4n) is 9.02. The molecule has 0 saturated heterocycles. The highest BCUT2D eigenvalue weighted by Crippen LogP contribution is 2.43. The Morgan fingerprint density at radius 2 is 0.719 bits per heavy atom. The van der Waals surface area contributed by atoms with Gasteiger partial charge in [0.25, 0.3) is 0 Å². The lowest BCUT2D eigenvalue weighted by Crippen LogP contribution is -1.95. The number of hydrogen-bond acceptors (Lipinski definition) is 1. The Kier molecular flexibility index (Phi) is 7.13. The summed E-state index contributed by atoms with van der Waals surface area (Å²) in [6, 6.07) is 75.5. The van der Waals surface area contributed by atoms with Crippen LogP contribution in [0.25, 0.3) is 109 Å². The molecule has 3 aromatic heterocycles. The summed E-state index contributed by atoms with van der Waals surface area (Å²) in [6.07, 6.45) is 0. The molecule has 0 aliphatic carbocycles. The molecule has 266 valence electrons. The normalized spacial score (nSPS) is 11.9. The summed E-state index contributed by atoms with van der Waals surface area (Å²) < 4.78 is 7.56. The van der Waals surface area contributed by atoms with Crippen molar-refractivity contribution in [3.8, 4) is 44.8 Å². The monoisotopic (exact) mass is 742 g/mol. The zero-order chi connectivity index (χ0) is 37.5. The molecule has 12 rings (SSSR count). The first-order valence-corrected chi connectivity index (χ1v) is 20.3. The molecule has 3 heterocycles. The van der Waals surface area contributed by atoms with E-state index in [1.165, 1.54) is 103 Å². The molecule has 0 bridgehead atoms. The van der Waals surface area contributed by atoms with Gasteiger partial charge in [-0.15, -0.1) is 11.3 Å². The topological polar surface area (TPSA) is 9.86 Å². The molecule has 0 aliphatic rings. The summed E-state index contributed by atoms with van der Waals surface area (Å²) >= 11 is 1.89. The number of nitrogens with zero attached hydrogens (tertiary/aromatic N) is 2. The fourth-order valence-corrected chi connectivity index (χ4v) is 10.3. The molecular weight excluding hydrogens is 709 g/mol. The molecule has 0 fully saturated rings. The van der Waals surface area contributed by atoms with Gasteiger partial charge in [0.2, 0.25) is 0 Å². The summed E-state index contributed by atoms with van der Waals surface area (Å²) in [5.41, 5.74) is 14.5. The number of fused-ring (bicyclic) bond motifs is 10. The van der Waals surface area contributed by atoms with Crippen molar-refractivity contribution in [2.45, 2.75) is 0 Å². The molecule has 0 aliphatic heterocycles. The molecule has 0 atom stereocenters. The van der Waals surface area contributed by atoms with Gasteiger partial charge in [0.05, 0.1) is 26.8 Å². The predicted molar refractivity (Wildman–Crippen MR) is 244 cm³/mol. The van der Waals surface area contributed by atoms with Crippen LogP contribution in [0.3, 0.4) is 0 Å². The molecule has 0 N–H and O–H groups in total. The Morgan fingerprint density at radius 3 is 1.33 bits per heavy atom. The minimum Gasteiger partial charge on any atom is -0.309 e. The number of hydrogen-bond donors (Lipinski definition) is 0. The third kappa shape index (κ3) is 5.03. The van der Waals surface area contributed by atoms with Gasteiger partial charge in [-0.2, -0.15) is 0 Å². The standard InChI is InChI=1S/C54H34N2S/c1-3-11-35(12-4-1)39-23-29-44-45-30-24-40(36-13-5-2-6-14-36)34-51(45)55(50(44)33-39)41-25-19-37(20-26-41)38-21-27-42(28-22-38)56-49-17-9-7-15-43(49)47-31-32-48-46-16-8-10-18-52(46)57-54(48)53(47)56/h1-34H. The number of para-hydroxylation sites is 1. The summed E-state index contributed by atoms with van der Waals surface area (Å²) in [4.78, 5) is 0. The van der Waals surface area contributed by atoms with Crippen molar-refractivity contribution in [1.82, 2.24) is 9.13 Å². The van der Waals surface area contributed by atoms with Crippen LogP contribution in [0.4, 0.5) is 0 Å². The van der Waals surface area contributed by atoms with Crippen LogP contribution in [0.2, 0.25) is 0 Å². The van der Waals surface area contributed by atoms with Crippen LogP contribution >= 0.6 is 11.3 Å². The Bertz CT molecular complexity index is 3380. The van der Waals surface area contributed by atoms with Gasteiger partial charge in [0.1, 0.15) is 0 Å². The number of aromatic nitrogens is 2. The fraction of sp³-hybridized carbons (Fsp3) is 0. The lowest BCUT2D eigenvalue weighted by molar-refractivity contribution is 1.18. The second-order valence-corrected chi connectivity index (χ2v) is 16.0. The molecule has 57 heavy (non-hydrogen) atoms. The quantitative estimate of drug-likeness (QED) is 0.166. The third-order valence-corrected chi connectivity index (χ3v) is 12.9. The molecule has 0 radical (unpaired) electrons. The molecule has 9 aromatic carbocycles. The van der Waals surface area contributed by atoms with Crippen molar-refractivity contribution in [3.05, 3.63) is 206 Å². The largest absolute Gasteiger partial charge is 0.309 e. The van der Waals surface area contributed by atoms with Gasteiger partial charge in [-0.05, 0) is 81.9 Å². The van der Waals surface area contributed by atoms with E-state index in [1.807, 2.05) is 11.3 Å². The van der Waals surface area contributed by atoms with E-state index < -0.39 is 0 Å².